The molecule has 0 saturated heterocycles. The monoisotopic (exact) mass is 645 g/mol. The Hall–Kier alpha value is -4.14. The summed E-state index contributed by atoms with van der Waals surface area (Å²) in [4.78, 5) is 29.9. The van der Waals surface area contributed by atoms with E-state index in [4.69, 9.17) is 11.6 Å². The van der Waals surface area contributed by atoms with Gasteiger partial charge in [0.15, 0.2) is 0 Å². The zero-order chi connectivity index (χ0) is 32.4. The van der Waals surface area contributed by atoms with Gasteiger partial charge in [0.25, 0.3) is 10.0 Å². The Morgan fingerprint density at radius 1 is 0.822 bits per heavy atom. The first-order chi connectivity index (χ1) is 21.6. The predicted molar refractivity (Wildman–Crippen MR) is 181 cm³/mol. The van der Waals surface area contributed by atoms with Crippen molar-refractivity contribution in [1.82, 2.24) is 10.2 Å². The highest BCUT2D eigenvalue weighted by Crippen LogP contribution is 2.27. The molecule has 0 unspecified atom stereocenters. The number of hydrogen-bond acceptors (Lipinski definition) is 4. The van der Waals surface area contributed by atoms with E-state index in [1.54, 1.807) is 18.2 Å². The number of amides is 2. The number of carbonyl (C=O) groups excluding carboxylic acids is 2. The molecule has 0 saturated carbocycles. The van der Waals surface area contributed by atoms with Crippen LogP contribution in [-0.4, -0.2) is 44.3 Å². The third-order valence-electron chi connectivity index (χ3n) is 7.51. The third-order valence-corrected chi connectivity index (χ3v) is 9.55. The molecule has 4 rings (SSSR count). The van der Waals surface area contributed by atoms with E-state index in [2.05, 4.69) is 5.32 Å². The zero-order valence-corrected chi connectivity index (χ0v) is 27.5. The summed E-state index contributed by atoms with van der Waals surface area (Å²) in [6.45, 7) is 5.97. The lowest BCUT2D eigenvalue weighted by Gasteiger charge is -2.34. The Balaban J connectivity index is 1.79. The van der Waals surface area contributed by atoms with Gasteiger partial charge in [-0.1, -0.05) is 97.2 Å². The Labute approximate surface area is 271 Å². The lowest BCUT2D eigenvalue weighted by Crippen LogP contribution is -2.53. The van der Waals surface area contributed by atoms with Crippen LogP contribution in [0.4, 0.5) is 5.69 Å². The molecule has 45 heavy (non-hydrogen) atoms. The van der Waals surface area contributed by atoms with Crippen molar-refractivity contribution in [2.24, 2.45) is 0 Å². The number of benzene rings is 4. The minimum absolute atomic E-state index is 0.00424. The standard InChI is InChI=1S/C36H40ClN3O4S/c1-4-5-21-38-36(42)34(24-29-13-7-6-8-14-29)39(25-30-15-9-11-27(2)22-30)35(41)26-40(32-16-10-12-28(3)23-32)45(43,44)33-19-17-31(37)18-20-33/h6-20,22-23,34H,4-5,21,24-26H2,1-3H3,(H,38,42)/t34-/m1/s1. The molecule has 0 spiro atoms. The predicted octanol–water partition coefficient (Wildman–Crippen LogP) is 6.71. The largest absolute Gasteiger partial charge is 0.354 e. The topological polar surface area (TPSA) is 86.8 Å². The zero-order valence-electron chi connectivity index (χ0n) is 25.9. The van der Waals surface area contributed by atoms with Crippen LogP contribution in [0.15, 0.2) is 108 Å². The van der Waals surface area contributed by atoms with E-state index in [1.807, 2.05) is 81.4 Å². The number of hydrogen-bond donors (Lipinski definition) is 1. The maximum atomic E-state index is 14.5. The Morgan fingerprint density at radius 2 is 1.47 bits per heavy atom. The molecule has 1 atom stereocenters. The molecule has 4 aromatic carbocycles. The van der Waals surface area contributed by atoms with Crippen LogP contribution in [0, 0.1) is 13.8 Å². The molecular formula is C36H40ClN3O4S. The molecule has 0 bridgehead atoms. The average molecular weight is 646 g/mol. The summed E-state index contributed by atoms with van der Waals surface area (Å²) in [5.74, 6) is -0.780. The van der Waals surface area contributed by atoms with Crippen LogP contribution in [0.3, 0.4) is 0 Å². The van der Waals surface area contributed by atoms with Crippen LogP contribution in [0.5, 0.6) is 0 Å². The van der Waals surface area contributed by atoms with Crippen molar-refractivity contribution < 1.29 is 18.0 Å². The fourth-order valence-corrected chi connectivity index (χ4v) is 6.64. The van der Waals surface area contributed by atoms with Gasteiger partial charge in [-0.15, -0.1) is 0 Å². The van der Waals surface area contributed by atoms with Crippen LogP contribution in [0.25, 0.3) is 0 Å². The van der Waals surface area contributed by atoms with Crippen LogP contribution in [0.2, 0.25) is 5.02 Å². The second kappa shape index (κ2) is 15.7. The Kier molecular flexibility index (Phi) is 11.8. The summed E-state index contributed by atoms with van der Waals surface area (Å²) in [5, 5.41) is 3.41. The Bertz CT molecular complexity index is 1700. The van der Waals surface area contributed by atoms with E-state index in [-0.39, 0.29) is 23.8 Å². The second-order valence-corrected chi connectivity index (χ2v) is 13.5. The number of carbonyl (C=O) groups is 2. The van der Waals surface area contributed by atoms with Gasteiger partial charge in [0.1, 0.15) is 12.6 Å². The van der Waals surface area contributed by atoms with Crippen molar-refractivity contribution in [1.29, 1.82) is 0 Å². The highest BCUT2D eigenvalue weighted by Gasteiger charge is 2.34. The molecule has 0 heterocycles. The number of rotatable bonds is 14. The first-order valence-corrected chi connectivity index (χ1v) is 16.9. The van der Waals surface area contributed by atoms with Crippen molar-refractivity contribution in [2.75, 3.05) is 17.4 Å². The van der Waals surface area contributed by atoms with Gasteiger partial charge in [-0.25, -0.2) is 8.42 Å². The van der Waals surface area contributed by atoms with Crippen LogP contribution in [0.1, 0.15) is 42.0 Å². The van der Waals surface area contributed by atoms with E-state index >= 15 is 0 Å². The molecule has 236 valence electrons. The summed E-state index contributed by atoms with van der Waals surface area (Å²) in [6, 6.07) is 29.3. The van der Waals surface area contributed by atoms with Gasteiger partial charge in [0.05, 0.1) is 10.6 Å². The first kappa shape index (κ1) is 33.7. The fraction of sp³-hybridized carbons (Fsp3) is 0.278. The lowest BCUT2D eigenvalue weighted by molar-refractivity contribution is -0.140. The fourth-order valence-electron chi connectivity index (χ4n) is 5.11. The summed E-state index contributed by atoms with van der Waals surface area (Å²) < 4.78 is 29.4. The number of aryl methyl sites for hydroxylation is 2. The Morgan fingerprint density at radius 3 is 2.11 bits per heavy atom. The van der Waals surface area contributed by atoms with Gasteiger partial charge in [-0.05, 0) is 73.4 Å². The van der Waals surface area contributed by atoms with Gasteiger partial charge in [0, 0.05) is 24.5 Å². The summed E-state index contributed by atoms with van der Waals surface area (Å²) in [5.41, 5.74) is 3.93. The van der Waals surface area contributed by atoms with Gasteiger partial charge >= 0.3 is 0 Å². The molecular weight excluding hydrogens is 606 g/mol. The van der Waals surface area contributed by atoms with Crippen molar-refractivity contribution >= 4 is 39.1 Å². The van der Waals surface area contributed by atoms with E-state index in [0.29, 0.717) is 17.3 Å². The SMILES string of the molecule is CCCCNC(=O)[C@@H](Cc1ccccc1)N(Cc1cccc(C)c1)C(=O)CN(c1cccc(C)c1)S(=O)(=O)c1ccc(Cl)cc1. The molecule has 4 aromatic rings. The second-order valence-electron chi connectivity index (χ2n) is 11.2. The highest BCUT2D eigenvalue weighted by atomic mass is 35.5. The van der Waals surface area contributed by atoms with Crippen molar-refractivity contribution in [3.63, 3.8) is 0 Å². The molecule has 1 N–H and O–H groups in total. The summed E-state index contributed by atoms with van der Waals surface area (Å²) in [6.07, 6.45) is 1.98. The quantitative estimate of drug-likeness (QED) is 0.155. The van der Waals surface area contributed by atoms with Gasteiger partial charge in [-0.3, -0.25) is 13.9 Å². The number of nitrogens with zero attached hydrogens (tertiary/aromatic N) is 2. The van der Waals surface area contributed by atoms with Crippen molar-refractivity contribution in [3.8, 4) is 0 Å². The summed E-state index contributed by atoms with van der Waals surface area (Å²) in [7, 11) is -4.19. The number of unbranched alkanes of at least 4 members (excludes halogenated alkanes) is 1. The number of nitrogens with one attached hydrogen (secondary N) is 1. The maximum Gasteiger partial charge on any atom is 0.264 e. The molecule has 0 radical (unpaired) electrons. The van der Waals surface area contributed by atoms with Crippen molar-refractivity contribution in [3.05, 3.63) is 130 Å². The molecule has 0 aliphatic rings. The van der Waals surface area contributed by atoms with Crippen molar-refractivity contribution in [2.45, 2.75) is 57.5 Å². The molecule has 0 aromatic heterocycles. The van der Waals surface area contributed by atoms with Crippen LogP contribution in [-0.2, 0) is 32.6 Å². The molecule has 7 nitrogen and oxygen atoms in total. The van der Waals surface area contributed by atoms with Gasteiger partial charge < -0.3 is 10.2 Å². The maximum absolute atomic E-state index is 14.5. The number of halogens is 1. The normalized spacial score (nSPS) is 11.9. The van der Waals surface area contributed by atoms with Gasteiger partial charge in [-0.2, -0.15) is 0 Å². The molecule has 0 aliphatic carbocycles. The minimum Gasteiger partial charge on any atom is -0.354 e. The number of sulfonamides is 1. The van der Waals surface area contributed by atoms with E-state index < -0.39 is 28.5 Å². The first-order valence-electron chi connectivity index (χ1n) is 15.1. The smallest absolute Gasteiger partial charge is 0.264 e. The third kappa shape index (κ3) is 9.19. The molecule has 2 amide bonds. The highest BCUT2D eigenvalue weighted by molar-refractivity contribution is 7.92. The molecule has 9 heteroatoms. The minimum atomic E-state index is -4.19. The lowest BCUT2D eigenvalue weighted by atomic mass is 10.0. The number of anilines is 1. The summed E-state index contributed by atoms with van der Waals surface area (Å²) >= 11 is 6.06. The van der Waals surface area contributed by atoms with E-state index in [0.717, 1.165) is 39.4 Å². The van der Waals surface area contributed by atoms with Crippen LogP contribution < -0.4 is 9.62 Å². The molecule has 0 aliphatic heterocycles. The average Bonchev–Trinajstić information content (AvgIpc) is 3.02. The van der Waals surface area contributed by atoms with Gasteiger partial charge in [0.2, 0.25) is 11.8 Å². The van der Waals surface area contributed by atoms with E-state index in [1.165, 1.54) is 29.2 Å². The van der Waals surface area contributed by atoms with Crippen LogP contribution >= 0.6 is 11.6 Å². The molecule has 0 fully saturated rings. The van der Waals surface area contributed by atoms with E-state index in [9.17, 15) is 18.0 Å².